The van der Waals surface area contributed by atoms with E-state index in [0.717, 1.165) is 5.92 Å². The lowest BCUT2D eigenvalue weighted by Crippen LogP contribution is -2.40. The standard InChI is InChI=1S/C16H28N4O/c21-12-11-20-16(3-8-18-20)15-4-9-19(10-5-15)13-14-1-6-17-7-2-14/h3,8,14-15,17,21H,1-2,4-7,9-13H2. The summed E-state index contributed by atoms with van der Waals surface area (Å²) < 4.78 is 1.98. The predicted octanol–water partition coefficient (Wildman–Crippen LogP) is 1.05. The monoisotopic (exact) mass is 292 g/mol. The number of aliphatic hydroxyl groups excluding tert-OH is 1. The van der Waals surface area contributed by atoms with Gasteiger partial charge in [-0.25, -0.2) is 0 Å². The van der Waals surface area contributed by atoms with Gasteiger partial charge in [0, 0.05) is 24.4 Å². The van der Waals surface area contributed by atoms with E-state index in [1.807, 2.05) is 10.9 Å². The molecule has 0 unspecified atom stereocenters. The molecule has 2 fully saturated rings. The van der Waals surface area contributed by atoms with Crippen LogP contribution in [-0.4, -0.2) is 59.1 Å². The Balaban J connectivity index is 1.49. The molecule has 5 heteroatoms. The minimum atomic E-state index is 0.170. The Morgan fingerprint density at radius 3 is 2.67 bits per heavy atom. The lowest BCUT2D eigenvalue weighted by atomic mass is 9.91. The molecule has 1 aromatic heterocycles. The van der Waals surface area contributed by atoms with Crippen molar-refractivity contribution in [3.8, 4) is 0 Å². The molecule has 2 saturated heterocycles. The topological polar surface area (TPSA) is 53.3 Å². The van der Waals surface area contributed by atoms with Crippen LogP contribution in [0.5, 0.6) is 0 Å². The maximum atomic E-state index is 9.11. The molecule has 3 rings (SSSR count). The number of aromatic nitrogens is 2. The molecule has 21 heavy (non-hydrogen) atoms. The smallest absolute Gasteiger partial charge is 0.0644 e. The fourth-order valence-corrected chi connectivity index (χ4v) is 3.81. The van der Waals surface area contributed by atoms with Crippen molar-refractivity contribution >= 4 is 0 Å². The third kappa shape index (κ3) is 3.84. The molecule has 118 valence electrons. The van der Waals surface area contributed by atoms with Gasteiger partial charge in [0.25, 0.3) is 0 Å². The Kier molecular flexibility index (Phi) is 5.27. The molecule has 2 aliphatic heterocycles. The highest BCUT2D eigenvalue weighted by molar-refractivity contribution is 5.09. The molecule has 0 aromatic carbocycles. The van der Waals surface area contributed by atoms with E-state index in [1.54, 1.807) is 0 Å². The average Bonchev–Trinajstić information content (AvgIpc) is 2.98. The lowest BCUT2D eigenvalue weighted by molar-refractivity contribution is 0.164. The van der Waals surface area contributed by atoms with Crippen molar-refractivity contribution in [3.63, 3.8) is 0 Å². The maximum absolute atomic E-state index is 9.11. The third-order valence-electron chi connectivity index (χ3n) is 5.04. The van der Waals surface area contributed by atoms with Crippen LogP contribution in [0.15, 0.2) is 12.3 Å². The first-order valence-electron chi connectivity index (χ1n) is 8.42. The van der Waals surface area contributed by atoms with Crippen molar-refractivity contribution < 1.29 is 5.11 Å². The van der Waals surface area contributed by atoms with E-state index in [4.69, 9.17) is 5.11 Å². The van der Waals surface area contributed by atoms with Gasteiger partial charge >= 0.3 is 0 Å². The van der Waals surface area contributed by atoms with E-state index in [0.29, 0.717) is 12.5 Å². The highest BCUT2D eigenvalue weighted by Crippen LogP contribution is 2.28. The minimum absolute atomic E-state index is 0.170. The van der Waals surface area contributed by atoms with E-state index < -0.39 is 0 Å². The number of hydrogen-bond acceptors (Lipinski definition) is 4. The second kappa shape index (κ2) is 7.38. The van der Waals surface area contributed by atoms with E-state index in [2.05, 4.69) is 21.4 Å². The zero-order chi connectivity index (χ0) is 14.5. The Hall–Kier alpha value is -0.910. The molecule has 0 radical (unpaired) electrons. The highest BCUT2D eigenvalue weighted by atomic mass is 16.3. The van der Waals surface area contributed by atoms with Crippen molar-refractivity contribution in [2.24, 2.45) is 5.92 Å². The number of aliphatic hydroxyl groups is 1. The van der Waals surface area contributed by atoms with Crippen LogP contribution < -0.4 is 5.32 Å². The molecule has 0 amide bonds. The zero-order valence-corrected chi connectivity index (χ0v) is 12.9. The summed E-state index contributed by atoms with van der Waals surface area (Å²) in [6.07, 6.45) is 6.99. The van der Waals surface area contributed by atoms with Crippen molar-refractivity contribution in [1.29, 1.82) is 0 Å². The van der Waals surface area contributed by atoms with Gasteiger partial charge in [-0.05, 0) is 63.8 Å². The highest BCUT2D eigenvalue weighted by Gasteiger charge is 2.25. The largest absolute Gasteiger partial charge is 0.394 e. The molecule has 2 aliphatic rings. The fourth-order valence-electron chi connectivity index (χ4n) is 3.81. The van der Waals surface area contributed by atoms with Gasteiger partial charge in [-0.2, -0.15) is 5.10 Å². The number of likely N-dealkylation sites (tertiary alicyclic amines) is 1. The molecular weight excluding hydrogens is 264 g/mol. The number of piperidine rings is 2. The van der Waals surface area contributed by atoms with Gasteiger partial charge in [-0.3, -0.25) is 4.68 Å². The normalized spacial score (nSPS) is 22.7. The Bertz CT molecular complexity index is 420. The van der Waals surface area contributed by atoms with E-state index in [9.17, 15) is 0 Å². The Morgan fingerprint density at radius 1 is 1.19 bits per heavy atom. The summed E-state index contributed by atoms with van der Waals surface area (Å²) in [4.78, 5) is 2.65. The summed E-state index contributed by atoms with van der Waals surface area (Å²) in [6.45, 7) is 6.88. The summed E-state index contributed by atoms with van der Waals surface area (Å²) in [6, 6.07) is 2.13. The van der Waals surface area contributed by atoms with Crippen molar-refractivity contribution in [3.05, 3.63) is 18.0 Å². The van der Waals surface area contributed by atoms with E-state index >= 15 is 0 Å². The molecule has 3 heterocycles. The minimum Gasteiger partial charge on any atom is -0.394 e. The molecule has 0 aliphatic carbocycles. The van der Waals surface area contributed by atoms with Gasteiger partial charge < -0.3 is 15.3 Å². The summed E-state index contributed by atoms with van der Waals surface area (Å²) in [5.74, 6) is 1.51. The van der Waals surface area contributed by atoms with Gasteiger partial charge in [0.1, 0.15) is 0 Å². The van der Waals surface area contributed by atoms with Crippen molar-refractivity contribution in [2.45, 2.75) is 38.1 Å². The average molecular weight is 292 g/mol. The third-order valence-corrected chi connectivity index (χ3v) is 5.04. The van der Waals surface area contributed by atoms with Crippen molar-refractivity contribution in [1.82, 2.24) is 20.0 Å². The van der Waals surface area contributed by atoms with Gasteiger partial charge in [0.05, 0.1) is 13.2 Å². The summed E-state index contributed by atoms with van der Waals surface area (Å²) in [5.41, 5.74) is 1.31. The van der Waals surface area contributed by atoms with Crippen LogP contribution in [0.1, 0.15) is 37.3 Å². The number of rotatable bonds is 5. The first-order valence-corrected chi connectivity index (χ1v) is 8.42. The lowest BCUT2D eigenvalue weighted by Gasteiger charge is -2.35. The number of hydrogen-bond donors (Lipinski definition) is 2. The van der Waals surface area contributed by atoms with Crippen LogP contribution in [0.4, 0.5) is 0 Å². The van der Waals surface area contributed by atoms with Crippen LogP contribution in [0.3, 0.4) is 0 Å². The molecule has 0 atom stereocenters. The van der Waals surface area contributed by atoms with Gasteiger partial charge in [0.15, 0.2) is 0 Å². The number of nitrogens with zero attached hydrogens (tertiary/aromatic N) is 3. The van der Waals surface area contributed by atoms with Gasteiger partial charge in [-0.1, -0.05) is 0 Å². The molecule has 2 N–H and O–H groups in total. The SMILES string of the molecule is OCCn1nccc1C1CCN(CC2CCNCC2)CC1. The first-order chi connectivity index (χ1) is 10.4. The summed E-state index contributed by atoms with van der Waals surface area (Å²) in [5, 5.41) is 16.9. The predicted molar refractivity (Wildman–Crippen MR) is 83.3 cm³/mol. The van der Waals surface area contributed by atoms with Crippen LogP contribution in [0.25, 0.3) is 0 Å². The Labute approximate surface area is 127 Å². The second-order valence-corrected chi connectivity index (χ2v) is 6.47. The molecule has 5 nitrogen and oxygen atoms in total. The summed E-state index contributed by atoms with van der Waals surface area (Å²) >= 11 is 0. The first kappa shape index (κ1) is 15.0. The van der Waals surface area contributed by atoms with E-state index in [1.165, 1.54) is 64.1 Å². The molecule has 0 bridgehead atoms. The summed E-state index contributed by atoms with van der Waals surface area (Å²) in [7, 11) is 0. The molecular formula is C16H28N4O. The van der Waals surface area contributed by atoms with Gasteiger partial charge in [0.2, 0.25) is 0 Å². The van der Waals surface area contributed by atoms with Crippen LogP contribution in [0, 0.1) is 5.92 Å². The fraction of sp³-hybridized carbons (Fsp3) is 0.812. The second-order valence-electron chi connectivity index (χ2n) is 6.47. The number of nitrogens with one attached hydrogen (secondary N) is 1. The Morgan fingerprint density at radius 2 is 1.95 bits per heavy atom. The molecule has 1 aromatic rings. The quantitative estimate of drug-likeness (QED) is 0.852. The van der Waals surface area contributed by atoms with Crippen LogP contribution >= 0.6 is 0 Å². The molecule has 0 saturated carbocycles. The zero-order valence-electron chi connectivity index (χ0n) is 12.9. The maximum Gasteiger partial charge on any atom is 0.0644 e. The van der Waals surface area contributed by atoms with E-state index in [-0.39, 0.29) is 6.61 Å². The van der Waals surface area contributed by atoms with Crippen LogP contribution in [0.2, 0.25) is 0 Å². The van der Waals surface area contributed by atoms with Gasteiger partial charge in [-0.15, -0.1) is 0 Å². The van der Waals surface area contributed by atoms with Crippen molar-refractivity contribution in [2.75, 3.05) is 39.3 Å². The molecule has 0 spiro atoms. The van der Waals surface area contributed by atoms with Crippen LogP contribution in [-0.2, 0) is 6.54 Å².